The molecule has 6 heteroatoms. The van der Waals surface area contributed by atoms with E-state index in [9.17, 15) is 13.5 Å². The van der Waals surface area contributed by atoms with Crippen LogP contribution in [-0.2, 0) is 16.6 Å². The number of sulfonamides is 1. The second kappa shape index (κ2) is 7.54. The van der Waals surface area contributed by atoms with Gasteiger partial charge in [0.2, 0.25) is 10.0 Å². The molecule has 0 aliphatic carbocycles. The molecule has 0 saturated carbocycles. The van der Waals surface area contributed by atoms with Crippen molar-refractivity contribution >= 4 is 26.0 Å². The highest BCUT2D eigenvalue weighted by molar-refractivity contribution is 9.10. The van der Waals surface area contributed by atoms with Crippen LogP contribution in [0.5, 0.6) is 0 Å². The highest BCUT2D eigenvalue weighted by atomic mass is 79.9. The lowest BCUT2D eigenvalue weighted by Gasteiger charge is -2.24. The van der Waals surface area contributed by atoms with Crippen molar-refractivity contribution in [2.45, 2.75) is 38.7 Å². The largest absolute Gasteiger partial charge is 0.392 e. The molecule has 1 aromatic carbocycles. The van der Waals surface area contributed by atoms with Crippen LogP contribution >= 0.6 is 15.9 Å². The van der Waals surface area contributed by atoms with Gasteiger partial charge in [0.15, 0.2) is 0 Å². The summed E-state index contributed by atoms with van der Waals surface area (Å²) in [6.07, 6.45) is 0.934. The SMILES string of the molecule is CCC(C)CN(CC)S(=O)(=O)c1cc(CO)ccc1Br. The summed E-state index contributed by atoms with van der Waals surface area (Å²) in [6, 6.07) is 4.89. The van der Waals surface area contributed by atoms with Gasteiger partial charge in [-0.15, -0.1) is 0 Å². The van der Waals surface area contributed by atoms with Crippen LogP contribution in [0.25, 0.3) is 0 Å². The number of aliphatic hydroxyl groups is 1. The Morgan fingerprint density at radius 1 is 1.35 bits per heavy atom. The molecule has 0 heterocycles. The minimum atomic E-state index is -3.54. The number of rotatable bonds is 7. The first kappa shape index (κ1) is 17.6. The number of benzene rings is 1. The Morgan fingerprint density at radius 3 is 2.50 bits per heavy atom. The minimum absolute atomic E-state index is 0.173. The van der Waals surface area contributed by atoms with Crippen molar-refractivity contribution in [2.24, 2.45) is 5.92 Å². The Bertz CT molecular complexity index is 545. The third-order valence-electron chi connectivity index (χ3n) is 3.36. The number of aliphatic hydroxyl groups excluding tert-OH is 1. The van der Waals surface area contributed by atoms with Gasteiger partial charge in [0.1, 0.15) is 0 Å². The van der Waals surface area contributed by atoms with Crippen molar-refractivity contribution in [3.63, 3.8) is 0 Å². The van der Waals surface area contributed by atoms with Crippen molar-refractivity contribution < 1.29 is 13.5 Å². The van der Waals surface area contributed by atoms with Crippen LogP contribution in [0.2, 0.25) is 0 Å². The van der Waals surface area contributed by atoms with Gasteiger partial charge in [-0.05, 0) is 39.5 Å². The fourth-order valence-electron chi connectivity index (χ4n) is 1.86. The quantitative estimate of drug-likeness (QED) is 0.809. The molecule has 4 nitrogen and oxygen atoms in total. The van der Waals surface area contributed by atoms with E-state index in [0.717, 1.165) is 6.42 Å². The van der Waals surface area contributed by atoms with Crippen LogP contribution < -0.4 is 0 Å². The third-order valence-corrected chi connectivity index (χ3v) is 6.30. The minimum Gasteiger partial charge on any atom is -0.392 e. The maximum Gasteiger partial charge on any atom is 0.244 e. The van der Waals surface area contributed by atoms with Crippen LogP contribution in [0.15, 0.2) is 27.6 Å². The molecule has 1 aromatic rings. The molecular weight excluding hydrogens is 342 g/mol. The normalized spacial score (nSPS) is 13.7. The molecule has 114 valence electrons. The summed E-state index contributed by atoms with van der Waals surface area (Å²) in [7, 11) is -3.54. The van der Waals surface area contributed by atoms with Crippen molar-refractivity contribution in [2.75, 3.05) is 13.1 Å². The second-order valence-corrected chi connectivity index (χ2v) is 7.65. The molecule has 0 saturated heterocycles. The summed E-state index contributed by atoms with van der Waals surface area (Å²) in [5, 5.41) is 9.17. The second-order valence-electron chi connectivity index (χ2n) is 4.89. The summed E-state index contributed by atoms with van der Waals surface area (Å²) >= 11 is 3.29. The molecule has 0 aromatic heterocycles. The average molecular weight is 364 g/mol. The fraction of sp³-hybridized carbons (Fsp3) is 0.571. The van der Waals surface area contributed by atoms with E-state index in [1.54, 1.807) is 12.1 Å². The number of nitrogens with zero attached hydrogens (tertiary/aromatic N) is 1. The summed E-state index contributed by atoms with van der Waals surface area (Å²) in [5.74, 6) is 0.310. The van der Waals surface area contributed by atoms with Crippen LogP contribution in [0.1, 0.15) is 32.8 Å². The third kappa shape index (κ3) is 4.04. The topological polar surface area (TPSA) is 57.6 Å². The van der Waals surface area contributed by atoms with Gasteiger partial charge in [-0.1, -0.05) is 33.3 Å². The highest BCUT2D eigenvalue weighted by Crippen LogP contribution is 2.27. The predicted octanol–water partition coefficient (Wildman–Crippen LogP) is 3.00. The Hall–Kier alpha value is -0.430. The first-order valence-corrected chi connectivity index (χ1v) is 8.99. The van der Waals surface area contributed by atoms with Gasteiger partial charge >= 0.3 is 0 Å². The van der Waals surface area contributed by atoms with Crippen LogP contribution in [0.4, 0.5) is 0 Å². The van der Waals surface area contributed by atoms with E-state index < -0.39 is 10.0 Å². The van der Waals surface area contributed by atoms with Crippen molar-refractivity contribution in [1.29, 1.82) is 0 Å². The first-order valence-electron chi connectivity index (χ1n) is 6.76. The molecule has 0 spiro atoms. The number of halogens is 1. The lowest BCUT2D eigenvalue weighted by molar-refractivity contribution is 0.281. The molecule has 1 atom stereocenters. The molecule has 0 aliphatic heterocycles. The van der Waals surface area contributed by atoms with Gasteiger partial charge in [0.25, 0.3) is 0 Å². The standard InChI is InChI=1S/C14H22BrNO3S/c1-4-11(3)9-16(5-2)20(18,19)14-8-12(10-17)6-7-13(14)15/h6-8,11,17H,4-5,9-10H2,1-3H3. The number of hydrogen-bond donors (Lipinski definition) is 1. The van der Waals surface area contributed by atoms with Gasteiger partial charge in [-0.25, -0.2) is 8.42 Å². The van der Waals surface area contributed by atoms with Crippen molar-refractivity contribution in [3.05, 3.63) is 28.2 Å². The van der Waals surface area contributed by atoms with E-state index in [2.05, 4.69) is 15.9 Å². The van der Waals surface area contributed by atoms with Crippen molar-refractivity contribution in [3.8, 4) is 0 Å². The summed E-state index contributed by atoms with van der Waals surface area (Å²) in [5.41, 5.74) is 0.589. The van der Waals surface area contributed by atoms with Crippen molar-refractivity contribution in [1.82, 2.24) is 4.31 Å². The van der Waals surface area contributed by atoms with E-state index in [1.807, 2.05) is 20.8 Å². The Morgan fingerprint density at radius 2 is 2.00 bits per heavy atom. The Balaban J connectivity index is 3.19. The van der Waals surface area contributed by atoms with E-state index in [1.165, 1.54) is 10.4 Å². The van der Waals surface area contributed by atoms with Crippen LogP contribution in [-0.4, -0.2) is 30.9 Å². The summed E-state index contributed by atoms with van der Waals surface area (Å²) in [6.45, 7) is 6.69. The molecule has 0 amide bonds. The van der Waals surface area contributed by atoms with Crippen LogP contribution in [0, 0.1) is 5.92 Å². The molecular formula is C14H22BrNO3S. The Labute approximate surface area is 130 Å². The summed E-state index contributed by atoms with van der Waals surface area (Å²) < 4.78 is 27.4. The zero-order chi connectivity index (χ0) is 15.3. The van der Waals surface area contributed by atoms with Gasteiger partial charge < -0.3 is 5.11 Å². The average Bonchev–Trinajstić information content (AvgIpc) is 2.44. The molecule has 0 fully saturated rings. The molecule has 1 unspecified atom stereocenters. The predicted molar refractivity (Wildman–Crippen MR) is 84.0 cm³/mol. The van der Waals surface area contributed by atoms with E-state index in [-0.39, 0.29) is 11.5 Å². The molecule has 0 bridgehead atoms. The molecule has 1 rings (SSSR count). The molecule has 1 N–H and O–H groups in total. The van der Waals surface area contributed by atoms with Gasteiger partial charge in [-0.3, -0.25) is 0 Å². The fourth-order valence-corrected chi connectivity index (χ4v) is 4.40. The highest BCUT2D eigenvalue weighted by Gasteiger charge is 2.26. The zero-order valence-corrected chi connectivity index (χ0v) is 14.5. The van der Waals surface area contributed by atoms with E-state index >= 15 is 0 Å². The maximum absolute atomic E-state index is 12.7. The molecule has 0 radical (unpaired) electrons. The van der Waals surface area contributed by atoms with E-state index in [0.29, 0.717) is 29.0 Å². The molecule has 20 heavy (non-hydrogen) atoms. The lowest BCUT2D eigenvalue weighted by Crippen LogP contribution is -2.34. The Kier molecular flexibility index (Phi) is 6.64. The smallest absolute Gasteiger partial charge is 0.244 e. The van der Waals surface area contributed by atoms with Gasteiger partial charge in [0.05, 0.1) is 11.5 Å². The lowest BCUT2D eigenvalue weighted by atomic mass is 10.1. The van der Waals surface area contributed by atoms with E-state index in [4.69, 9.17) is 0 Å². The maximum atomic E-state index is 12.7. The van der Waals surface area contributed by atoms with Gasteiger partial charge in [0, 0.05) is 17.6 Å². The number of hydrogen-bond acceptors (Lipinski definition) is 3. The summed E-state index contributed by atoms with van der Waals surface area (Å²) in [4.78, 5) is 0.217. The first-order chi connectivity index (χ1) is 9.36. The zero-order valence-electron chi connectivity index (χ0n) is 12.1. The molecule has 0 aliphatic rings. The van der Waals surface area contributed by atoms with Crippen LogP contribution in [0.3, 0.4) is 0 Å². The monoisotopic (exact) mass is 363 g/mol. The van der Waals surface area contributed by atoms with Gasteiger partial charge in [-0.2, -0.15) is 4.31 Å².